The lowest BCUT2D eigenvalue weighted by Crippen LogP contribution is -2.19. The van der Waals surface area contributed by atoms with Gasteiger partial charge in [0.2, 0.25) is 0 Å². The van der Waals surface area contributed by atoms with E-state index in [9.17, 15) is 14.9 Å². The number of hydrogen-bond acceptors (Lipinski definition) is 6. The normalized spacial score (nSPS) is 16.0. The first kappa shape index (κ1) is 19.0. The molecule has 0 spiro atoms. The maximum atomic E-state index is 12.4. The van der Waals surface area contributed by atoms with Gasteiger partial charge in [-0.25, -0.2) is 0 Å². The minimum absolute atomic E-state index is 0.0644. The fourth-order valence-electron chi connectivity index (χ4n) is 3.76. The molecule has 0 bridgehead atoms. The van der Waals surface area contributed by atoms with Crippen LogP contribution in [0.1, 0.15) is 11.7 Å². The molecular formula is C24H18N2O5. The van der Waals surface area contributed by atoms with Crippen LogP contribution >= 0.6 is 0 Å². The van der Waals surface area contributed by atoms with Gasteiger partial charge in [0.15, 0.2) is 5.43 Å². The summed E-state index contributed by atoms with van der Waals surface area (Å²) in [6.45, 7) is 1.06. The molecule has 5 rings (SSSR count). The van der Waals surface area contributed by atoms with Gasteiger partial charge in [0.25, 0.3) is 5.69 Å². The number of para-hydroxylation sites is 1. The second-order valence-corrected chi connectivity index (χ2v) is 7.37. The molecular weight excluding hydrogens is 396 g/mol. The quantitative estimate of drug-likeness (QED) is 0.349. The number of hydrogen-bond donors (Lipinski definition) is 0. The van der Waals surface area contributed by atoms with Crippen LogP contribution in [0.3, 0.4) is 0 Å². The van der Waals surface area contributed by atoms with Crippen LogP contribution in [-0.4, -0.2) is 18.2 Å². The molecule has 1 saturated heterocycles. The summed E-state index contributed by atoms with van der Waals surface area (Å²) in [6.07, 6.45) is -0.154. The van der Waals surface area contributed by atoms with Crippen LogP contribution in [-0.2, 0) is 4.74 Å². The van der Waals surface area contributed by atoms with Crippen molar-refractivity contribution in [3.8, 4) is 11.3 Å². The van der Waals surface area contributed by atoms with E-state index in [1.807, 2.05) is 36.4 Å². The van der Waals surface area contributed by atoms with Crippen molar-refractivity contribution in [2.75, 3.05) is 18.2 Å². The van der Waals surface area contributed by atoms with Crippen molar-refractivity contribution in [1.29, 1.82) is 0 Å². The van der Waals surface area contributed by atoms with Gasteiger partial charge in [-0.2, -0.15) is 0 Å². The standard InChI is InChI=1S/C24H18N2O5/c27-21-13-23(31-22-4-2-1-3-20(21)22)16-5-9-18(10-6-16)25-14-24(30-15-25)17-7-11-19(12-8-17)26(28)29/h1-13,24H,14-15H2. The Balaban J connectivity index is 1.34. The molecule has 154 valence electrons. The molecule has 3 aromatic carbocycles. The molecule has 0 saturated carbocycles. The summed E-state index contributed by atoms with van der Waals surface area (Å²) >= 11 is 0. The summed E-state index contributed by atoms with van der Waals surface area (Å²) in [7, 11) is 0. The molecule has 1 atom stereocenters. The summed E-state index contributed by atoms with van der Waals surface area (Å²) < 4.78 is 11.8. The Bertz CT molecular complexity index is 1310. The number of benzene rings is 3. The lowest BCUT2D eigenvalue weighted by Gasteiger charge is -2.16. The van der Waals surface area contributed by atoms with Gasteiger partial charge in [-0.3, -0.25) is 14.9 Å². The van der Waals surface area contributed by atoms with Crippen molar-refractivity contribution in [3.05, 3.63) is 105 Å². The van der Waals surface area contributed by atoms with Crippen molar-refractivity contribution in [2.24, 2.45) is 0 Å². The van der Waals surface area contributed by atoms with Gasteiger partial charge in [-0.1, -0.05) is 12.1 Å². The topological polar surface area (TPSA) is 85.8 Å². The van der Waals surface area contributed by atoms with Crippen LogP contribution in [0.15, 0.2) is 88.1 Å². The highest BCUT2D eigenvalue weighted by Crippen LogP contribution is 2.31. The van der Waals surface area contributed by atoms with Crippen LogP contribution in [0, 0.1) is 10.1 Å². The number of anilines is 1. The highest BCUT2D eigenvalue weighted by molar-refractivity contribution is 5.78. The monoisotopic (exact) mass is 414 g/mol. The highest BCUT2D eigenvalue weighted by Gasteiger charge is 2.25. The lowest BCUT2D eigenvalue weighted by molar-refractivity contribution is -0.384. The summed E-state index contributed by atoms with van der Waals surface area (Å²) in [5.41, 5.74) is 3.26. The van der Waals surface area contributed by atoms with Gasteiger partial charge in [0, 0.05) is 29.4 Å². The van der Waals surface area contributed by atoms with E-state index in [0.717, 1.165) is 16.8 Å². The lowest BCUT2D eigenvalue weighted by atomic mass is 10.1. The van der Waals surface area contributed by atoms with Crippen LogP contribution in [0.2, 0.25) is 0 Å². The van der Waals surface area contributed by atoms with E-state index in [1.165, 1.54) is 18.2 Å². The van der Waals surface area contributed by atoms with E-state index in [1.54, 1.807) is 24.3 Å². The Morgan fingerprint density at radius 3 is 2.45 bits per heavy atom. The smallest absolute Gasteiger partial charge is 0.269 e. The number of nitro benzene ring substituents is 1. The fraction of sp³-hybridized carbons (Fsp3) is 0.125. The van der Waals surface area contributed by atoms with E-state index in [2.05, 4.69) is 4.90 Å². The molecule has 1 aliphatic rings. The van der Waals surface area contributed by atoms with Crippen molar-refractivity contribution in [2.45, 2.75) is 6.10 Å². The molecule has 1 unspecified atom stereocenters. The first-order valence-corrected chi connectivity index (χ1v) is 9.83. The second kappa shape index (κ2) is 7.70. The molecule has 31 heavy (non-hydrogen) atoms. The van der Waals surface area contributed by atoms with Gasteiger partial charge >= 0.3 is 0 Å². The van der Waals surface area contributed by atoms with E-state index in [-0.39, 0.29) is 17.2 Å². The van der Waals surface area contributed by atoms with Crippen LogP contribution in [0.5, 0.6) is 0 Å². The predicted octanol–water partition coefficient (Wildman–Crippen LogP) is 4.90. The molecule has 0 amide bonds. The van der Waals surface area contributed by atoms with E-state index in [0.29, 0.717) is 30.0 Å². The van der Waals surface area contributed by atoms with Crippen molar-refractivity contribution in [3.63, 3.8) is 0 Å². The number of ether oxygens (including phenoxy) is 1. The van der Waals surface area contributed by atoms with Gasteiger partial charge in [0.05, 0.1) is 16.9 Å². The first-order chi connectivity index (χ1) is 15.1. The Kier molecular flexibility index (Phi) is 4.72. The number of nitrogens with zero attached hydrogens (tertiary/aromatic N) is 2. The first-order valence-electron chi connectivity index (χ1n) is 9.83. The highest BCUT2D eigenvalue weighted by atomic mass is 16.6. The molecule has 0 radical (unpaired) electrons. The second-order valence-electron chi connectivity index (χ2n) is 7.37. The van der Waals surface area contributed by atoms with Gasteiger partial charge in [-0.05, 0) is 54.1 Å². The third-order valence-electron chi connectivity index (χ3n) is 5.45. The summed E-state index contributed by atoms with van der Waals surface area (Å²) in [6, 6.07) is 22.9. The average molecular weight is 414 g/mol. The molecule has 2 heterocycles. The van der Waals surface area contributed by atoms with Crippen LogP contribution < -0.4 is 10.3 Å². The molecule has 4 aromatic rings. The molecule has 0 N–H and O–H groups in total. The third kappa shape index (κ3) is 3.67. The van der Waals surface area contributed by atoms with Gasteiger partial charge < -0.3 is 14.1 Å². The molecule has 0 aliphatic carbocycles. The maximum Gasteiger partial charge on any atom is 0.269 e. The fourth-order valence-corrected chi connectivity index (χ4v) is 3.76. The van der Waals surface area contributed by atoms with E-state index < -0.39 is 4.92 Å². The summed E-state index contributed by atoms with van der Waals surface area (Å²) in [5, 5.41) is 11.4. The van der Waals surface area contributed by atoms with Crippen molar-refractivity contribution < 1.29 is 14.1 Å². The van der Waals surface area contributed by atoms with Crippen molar-refractivity contribution >= 4 is 22.3 Å². The summed E-state index contributed by atoms with van der Waals surface area (Å²) in [4.78, 5) is 24.9. The zero-order chi connectivity index (χ0) is 21.4. The minimum atomic E-state index is -0.412. The largest absolute Gasteiger partial charge is 0.456 e. The number of nitro groups is 1. The SMILES string of the molecule is O=c1cc(-c2ccc(N3COC(c4ccc([N+](=O)[O-])cc4)C3)cc2)oc2ccccc12. The van der Waals surface area contributed by atoms with E-state index in [4.69, 9.17) is 9.15 Å². The Hall–Kier alpha value is -3.97. The third-order valence-corrected chi connectivity index (χ3v) is 5.45. The predicted molar refractivity (Wildman–Crippen MR) is 117 cm³/mol. The zero-order valence-electron chi connectivity index (χ0n) is 16.4. The maximum absolute atomic E-state index is 12.4. The van der Waals surface area contributed by atoms with Crippen molar-refractivity contribution in [1.82, 2.24) is 0 Å². The summed E-state index contributed by atoms with van der Waals surface area (Å²) in [5.74, 6) is 0.525. The number of fused-ring (bicyclic) bond motifs is 1. The Morgan fingerprint density at radius 1 is 0.968 bits per heavy atom. The van der Waals surface area contributed by atoms with Gasteiger partial charge in [-0.15, -0.1) is 0 Å². The molecule has 7 nitrogen and oxygen atoms in total. The van der Waals surface area contributed by atoms with Crippen LogP contribution in [0.25, 0.3) is 22.3 Å². The Labute approximate surface area is 177 Å². The molecule has 7 heteroatoms. The molecule has 1 fully saturated rings. The number of non-ortho nitro benzene ring substituents is 1. The minimum Gasteiger partial charge on any atom is -0.456 e. The van der Waals surface area contributed by atoms with Crippen LogP contribution in [0.4, 0.5) is 11.4 Å². The van der Waals surface area contributed by atoms with E-state index >= 15 is 0 Å². The average Bonchev–Trinajstić information content (AvgIpc) is 3.30. The Morgan fingerprint density at radius 2 is 1.71 bits per heavy atom. The molecule has 1 aromatic heterocycles. The molecule has 1 aliphatic heterocycles. The zero-order valence-corrected chi connectivity index (χ0v) is 16.4. The number of rotatable bonds is 4. The van der Waals surface area contributed by atoms with Gasteiger partial charge in [0.1, 0.15) is 24.2 Å².